The average Bonchev–Trinajstić information content (AvgIpc) is 2.27. The molecule has 0 aliphatic carbocycles. The average molecular weight is 186 g/mol. The Morgan fingerprint density at radius 1 is 1.21 bits per heavy atom. The Balaban J connectivity index is 2.65. The van der Waals surface area contributed by atoms with Gasteiger partial charge < -0.3 is 0 Å². The van der Waals surface area contributed by atoms with E-state index < -0.39 is 0 Å². The van der Waals surface area contributed by atoms with Crippen molar-refractivity contribution in [1.82, 2.24) is 10.2 Å². The first kappa shape index (κ1) is 9.13. The van der Waals surface area contributed by atoms with Crippen molar-refractivity contribution in [1.29, 1.82) is 0 Å². The summed E-state index contributed by atoms with van der Waals surface area (Å²) < 4.78 is 0. The summed E-state index contributed by atoms with van der Waals surface area (Å²) in [4.78, 5) is 0. The lowest BCUT2D eigenvalue weighted by molar-refractivity contribution is 0.739. The van der Waals surface area contributed by atoms with Gasteiger partial charge in [-0.2, -0.15) is 10.2 Å². The topological polar surface area (TPSA) is 25.8 Å². The fourth-order valence-corrected chi connectivity index (χ4v) is 1.70. The van der Waals surface area contributed by atoms with E-state index in [1.165, 1.54) is 16.3 Å². The third-order valence-corrected chi connectivity index (χ3v) is 2.77. The zero-order valence-electron chi connectivity index (χ0n) is 8.57. The molecule has 1 aromatic carbocycles. The summed E-state index contributed by atoms with van der Waals surface area (Å²) in [5.74, 6) is 0.586. The molecule has 2 heteroatoms. The van der Waals surface area contributed by atoms with Crippen LogP contribution in [0.5, 0.6) is 0 Å². The molecule has 2 nitrogen and oxygen atoms in total. The summed E-state index contributed by atoms with van der Waals surface area (Å²) in [6, 6.07) is 6.35. The van der Waals surface area contributed by atoms with Gasteiger partial charge in [0.25, 0.3) is 0 Å². The van der Waals surface area contributed by atoms with Crippen LogP contribution in [0, 0.1) is 0 Å². The molecule has 0 saturated heterocycles. The molecular weight excluding hydrogens is 172 g/mol. The van der Waals surface area contributed by atoms with E-state index in [4.69, 9.17) is 0 Å². The summed E-state index contributed by atoms with van der Waals surface area (Å²) in [5.41, 5.74) is 1.37. The van der Waals surface area contributed by atoms with E-state index in [0.717, 1.165) is 6.42 Å². The van der Waals surface area contributed by atoms with Gasteiger partial charge in [-0.25, -0.2) is 0 Å². The van der Waals surface area contributed by atoms with Crippen LogP contribution in [0.4, 0.5) is 0 Å². The highest BCUT2D eigenvalue weighted by atomic mass is 15.1. The molecular formula is C12H14N2. The molecule has 14 heavy (non-hydrogen) atoms. The number of rotatable bonds is 2. The molecule has 1 atom stereocenters. The van der Waals surface area contributed by atoms with Crippen molar-refractivity contribution in [2.75, 3.05) is 0 Å². The first-order valence-corrected chi connectivity index (χ1v) is 5.02. The molecule has 0 fully saturated rings. The Bertz CT molecular complexity index is 432. The van der Waals surface area contributed by atoms with Gasteiger partial charge in [0.15, 0.2) is 0 Å². The van der Waals surface area contributed by atoms with Crippen molar-refractivity contribution in [2.45, 2.75) is 26.2 Å². The summed E-state index contributed by atoms with van der Waals surface area (Å²) in [6.45, 7) is 4.45. The summed E-state index contributed by atoms with van der Waals surface area (Å²) in [6.07, 6.45) is 4.83. The number of hydrogen-bond acceptors (Lipinski definition) is 2. The highest BCUT2D eigenvalue weighted by Crippen LogP contribution is 2.25. The maximum Gasteiger partial charge on any atom is 0.0577 e. The minimum Gasteiger partial charge on any atom is -0.158 e. The van der Waals surface area contributed by atoms with Crippen molar-refractivity contribution in [3.05, 3.63) is 36.2 Å². The third-order valence-electron chi connectivity index (χ3n) is 2.77. The Kier molecular flexibility index (Phi) is 2.44. The molecule has 72 valence electrons. The van der Waals surface area contributed by atoms with Crippen LogP contribution in [0.2, 0.25) is 0 Å². The minimum absolute atomic E-state index is 0.586. The van der Waals surface area contributed by atoms with Crippen LogP contribution in [0.3, 0.4) is 0 Å². The molecule has 1 aromatic heterocycles. The lowest BCUT2D eigenvalue weighted by Gasteiger charge is -2.11. The van der Waals surface area contributed by atoms with E-state index >= 15 is 0 Å². The van der Waals surface area contributed by atoms with Crippen molar-refractivity contribution in [3.63, 3.8) is 0 Å². The van der Waals surface area contributed by atoms with Crippen molar-refractivity contribution < 1.29 is 0 Å². The molecule has 1 heterocycles. The Labute approximate surface area is 84.0 Å². The van der Waals surface area contributed by atoms with Crippen molar-refractivity contribution >= 4 is 10.8 Å². The molecule has 0 radical (unpaired) electrons. The zero-order chi connectivity index (χ0) is 9.97. The highest BCUT2D eigenvalue weighted by molar-refractivity contribution is 5.84. The van der Waals surface area contributed by atoms with Gasteiger partial charge in [-0.15, -0.1) is 0 Å². The molecule has 0 spiro atoms. The van der Waals surface area contributed by atoms with Crippen LogP contribution in [-0.2, 0) is 0 Å². The van der Waals surface area contributed by atoms with Gasteiger partial charge in [-0.1, -0.05) is 32.0 Å². The minimum atomic E-state index is 0.586. The van der Waals surface area contributed by atoms with Gasteiger partial charge in [-0.3, -0.25) is 0 Å². The van der Waals surface area contributed by atoms with Gasteiger partial charge in [0.05, 0.1) is 12.4 Å². The second kappa shape index (κ2) is 3.74. The molecule has 0 aliphatic heterocycles. The second-order valence-electron chi connectivity index (χ2n) is 3.65. The number of hydrogen-bond donors (Lipinski definition) is 0. The van der Waals surface area contributed by atoms with E-state index in [0.29, 0.717) is 5.92 Å². The Hall–Kier alpha value is -1.44. The van der Waals surface area contributed by atoms with Gasteiger partial charge in [0, 0.05) is 10.8 Å². The summed E-state index contributed by atoms with van der Waals surface area (Å²) in [7, 11) is 0. The molecule has 0 N–H and O–H groups in total. The number of benzene rings is 1. The van der Waals surface area contributed by atoms with Crippen LogP contribution in [0.25, 0.3) is 10.8 Å². The molecule has 2 rings (SSSR count). The van der Waals surface area contributed by atoms with E-state index in [-0.39, 0.29) is 0 Å². The maximum atomic E-state index is 3.94. The third kappa shape index (κ3) is 1.48. The monoisotopic (exact) mass is 186 g/mol. The molecule has 0 bridgehead atoms. The van der Waals surface area contributed by atoms with Crippen molar-refractivity contribution in [2.24, 2.45) is 0 Å². The predicted octanol–water partition coefficient (Wildman–Crippen LogP) is 3.14. The number of aromatic nitrogens is 2. The SMILES string of the molecule is CCC(C)c1cccc2cnncc12. The molecule has 1 unspecified atom stereocenters. The summed E-state index contributed by atoms with van der Waals surface area (Å²) >= 11 is 0. The first-order chi connectivity index (χ1) is 6.83. The quantitative estimate of drug-likeness (QED) is 0.720. The van der Waals surface area contributed by atoms with Crippen LogP contribution in [-0.4, -0.2) is 10.2 Å². The van der Waals surface area contributed by atoms with Gasteiger partial charge >= 0.3 is 0 Å². The molecule has 2 aromatic rings. The highest BCUT2D eigenvalue weighted by Gasteiger charge is 2.06. The fraction of sp³-hybridized carbons (Fsp3) is 0.333. The second-order valence-corrected chi connectivity index (χ2v) is 3.65. The summed E-state index contributed by atoms with van der Waals surface area (Å²) in [5, 5.41) is 10.2. The lowest BCUT2D eigenvalue weighted by Crippen LogP contribution is -1.93. The van der Waals surface area contributed by atoms with E-state index in [1.807, 2.05) is 12.4 Å². The fourth-order valence-electron chi connectivity index (χ4n) is 1.70. The van der Waals surface area contributed by atoms with E-state index in [9.17, 15) is 0 Å². The standard InChI is InChI=1S/C12H14N2/c1-3-9(2)11-6-4-5-10-7-13-14-8-12(10)11/h4-9H,3H2,1-2H3. The van der Waals surface area contributed by atoms with E-state index in [2.05, 4.69) is 42.2 Å². The smallest absolute Gasteiger partial charge is 0.0577 e. The Morgan fingerprint density at radius 3 is 2.79 bits per heavy atom. The Morgan fingerprint density at radius 2 is 2.00 bits per heavy atom. The van der Waals surface area contributed by atoms with E-state index in [1.54, 1.807) is 0 Å². The molecule has 0 amide bonds. The lowest BCUT2D eigenvalue weighted by atomic mass is 9.94. The molecule has 0 aliphatic rings. The van der Waals surface area contributed by atoms with Gasteiger partial charge in [0.1, 0.15) is 0 Å². The molecule has 0 saturated carbocycles. The maximum absolute atomic E-state index is 3.94. The van der Waals surface area contributed by atoms with Crippen LogP contribution < -0.4 is 0 Å². The van der Waals surface area contributed by atoms with Crippen LogP contribution in [0.15, 0.2) is 30.6 Å². The predicted molar refractivity (Wildman–Crippen MR) is 58.2 cm³/mol. The van der Waals surface area contributed by atoms with Gasteiger partial charge in [-0.05, 0) is 17.9 Å². The largest absolute Gasteiger partial charge is 0.158 e. The van der Waals surface area contributed by atoms with Crippen molar-refractivity contribution in [3.8, 4) is 0 Å². The number of fused-ring (bicyclic) bond motifs is 1. The normalized spacial score (nSPS) is 13.0. The van der Waals surface area contributed by atoms with Crippen LogP contribution in [0.1, 0.15) is 31.7 Å². The zero-order valence-corrected chi connectivity index (χ0v) is 8.57. The van der Waals surface area contributed by atoms with Crippen LogP contribution >= 0.6 is 0 Å². The van der Waals surface area contributed by atoms with Gasteiger partial charge in [0.2, 0.25) is 0 Å². The first-order valence-electron chi connectivity index (χ1n) is 5.02. The number of nitrogens with zero attached hydrogens (tertiary/aromatic N) is 2.